The Labute approximate surface area is 75.5 Å². The second kappa shape index (κ2) is 3.32. The monoisotopic (exact) mass is 171 g/mol. The van der Waals surface area contributed by atoms with Crippen LogP contribution in [0.4, 0.5) is 0 Å². The molecule has 2 N–H and O–H groups in total. The van der Waals surface area contributed by atoms with Gasteiger partial charge in [-0.3, -0.25) is 10.7 Å². The van der Waals surface area contributed by atoms with E-state index >= 15 is 0 Å². The molecule has 0 aromatic rings. The topological polar surface area (TPSA) is 32.5 Å². The van der Waals surface area contributed by atoms with Crippen LogP contribution in [-0.4, -0.2) is 41.1 Å². The first-order chi connectivity index (χ1) is 5.43. The molecule has 1 aliphatic heterocycles. The minimum Gasteiger partial charge on any atom is -0.293 e. The smallest absolute Gasteiger partial charge is 0.0308 e. The molecule has 3 nitrogen and oxygen atoms in total. The van der Waals surface area contributed by atoms with Gasteiger partial charge in [-0.1, -0.05) is 0 Å². The number of piperazine rings is 1. The minimum absolute atomic E-state index is 0.223. The lowest BCUT2D eigenvalue weighted by Gasteiger charge is -2.47. The molecular formula is C9H21N3. The molecule has 0 amide bonds. The zero-order chi connectivity index (χ0) is 9.35. The van der Waals surface area contributed by atoms with E-state index in [2.05, 4.69) is 32.6 Å². The summed E-state index contributed by atoms with van der Waals surface area (Å²) in [7, 11) is 0. The number of hydrogen-bond donors (Lipinski definition) is 1. The van der Waals surface area contributed by atoms with Crippen molar-refractivity contribution in [2.75, 3.05) is 19.6 Å². The third kappa shape index (κ3) is 1.97. The summed E-state index contributed by atoms with van der Waals surface area (Å²) in [5.41, 5.74) is 0.223. The largest absolute Gasteiger partial charge is 0.293 e. The lowest BCUT2D eigenvalue weighted by atomic mass is 9.98. The summed E-state index contributed by atoms with van der Waals surface area (Å²) < 4.78 is 0. The molecule has 12 heavy (non-hydrogen) atoms. The minimum atomic E-state index is 0.223. The van der Waals surface area contributed by atoms with E-state index in [1.807, 2.05) is 5.01 Å². The number of nitrogens with zero attached hydrogens (tertiary/aromatic N) is 2. The molecule has 0 spiro atoms. The van der Waals surface area contributed by atoms with Gasteiger partial charge in [0.15, 0.2) is 0 Å². The molecule has 0 aromatic heterocycles. The summed E-state index contributed by atoms with van der Waals surface area (Å²) >= 11 is 0. The molecule has 1 heterocycles. The van der Waals surface area contributed by atoms with Crippen molar-refractivity contribution >= 4 is 0 Å². The maximum absolute atomic E-state index is 5.78. The summed E-state index contributed by atoms with van der Waals surface area (Å²) in [5.74, 6) is 5.78. The zero-order valence-corrected chi connectivity index (χ0v) is 8.67. The van der Waals surface area contributed by atoms with Gasteiger partial charge in [-0.25, -0.2) is 5.01 Å². The fourth-order valence-electron chi connectivity index (χ4n) is 2.16. The Morgan fingerprint density at radius 3 is 2.25 bits per heavy atom. The molecule has 1 saturated heterocycles. The lowest BCUT2D eigenvalue weighted by Crippen LogP contribution is -2.62. The molecule has 0 aliphatic carbocycles. The van der Waals surface area contributed by atoms with Crippen molar-refractivity contribution in [3.63, 3.8) is 0 Å². The van der Waals surface area contributed by atoms with Gasteiger partial charge < -0.3 is 0 Å². The number of hydrazine groups is 1. The summed E-state index contributed by atoms with van der Waals surface area (Å²) in [6.07, 6.45) is 0. The maximum Gasteiger partial charge on any atom is 0.0308 e. The predicted molar refractivity (Wildman–Crippen MR) is 51.7 cm³/mol. The highest BCUT2D eigenvalue weighted by Gasteiger charge is 2.33. The van der Waals surface area contributed by atoms with E-state index in [1.54, 1.807) is 0 Å². The van der Waals surface area contributed by atoms with Crippen LogP contribution in [0.25, 0.3) is 0 Å². The summed E-state index contributed by atoms with van der Waals surface area (Å²) in [4.78, 5) is 2.51. The van der Waals surface area contributed by atoms with Gasteiger partial charge in [-0.2, -0.15) is 0 Å². The maximum atomic E-state index is 5.78. The highest BCUT2D eigenvalue weighted by molar-refractivity contribution is 4.89. The summed E-state index contributed by atoms with van der Waals surface area (Å²) in [6.45, 7) is 12.0. The van der Waals surface area contributed by atoms with Crippen LogP contribution in [0.15, 0.2) is 0 Å². The molecule has 0 unspecified atom stereocenters. The van der Waals surface area contributed by atoms with Crippen LogP contribution in [0.3, 0.4) is 0 Å². The average Bonchev–Trinajstić information content (AvgIpc) is 1.82. The Bertz CT molecular complexity index is 154. The molecule has 0 atom stereocenters. The van der Waals surface area contributed by atoms with Crippen LogP contribution < -0.4 is 5.84 Å². The first kappa shape index (κ1) is 9.96. The Balaban J connectivity index is 2.64. The Morgan fingerprint density at radius 2 is 1.83 bits per heavy atom. The van der Waals surface area contributed by atoms with Crippen molar-refractivity contribution in [3.05, 3.63) is 0 Å². The van der Waals surface area contributed by atoms with Crippen molar-refractivity contribution in [1.29, 1.82) is 0 Å². The van der Waals surface area contributed by atoms with E-state index in [-0.39, 0.29) is 5.54 Å². The first-order valence-corrected chi connectivity index (χ1v) is 4.70. The molecule has 1 aliphatic rings. The van der Waals surface area contributed by atoms with Gasteiger partial charge in [0, 0.05) is 31.2 Å². The second-order valence-electron chi connectivity index (χ2n) is 4.57. The van der Waals surface area contributed by atoms with Crippen molar-refractivity contribution in [1.82, 2.24) is 9.91 Å². The van der Waals surface area contributed by atoms with Gasteiger partial charge in [-0.05, 0) is 27.7 Å². The zero-order valence-electron chi connectivity index (χ0n) is 8.67. The molecule has 0 bridgehead atoms. The van der Waals surface area contributed by atoms with E-state index in [0.717, 1.165) is 19.6 Å². The second-order valence-corrected chi connectivity index (χ2v) is 4.57. The highest BCUT2D eigenvalue weighted by atomic mass is 15.5. The standard InChI is InChI=1S/C9H21N3/c1-8(2)12-6-5-11(10)7-9(12,3)4/h8H,5-7,10H2,1-4H3. The van der Waals surface area contributed by atoms with E-state index in [0.29, 0.717) is 6.04 Å². The van der Waals surface area contributed by atoms with Crippen LogP contribution in [0.5, 0.6) is 0 Å². The van der Waals surface area contributed by atoms with Crippen LogP contribution in [-0.2, 0) is 0 Å². The molecule has 0 aromatic carbocycles. The third-order valence-corrected chi connectivity index (χ3v) is 2.62. The van der Waals surface area contributed by atoms with Crippen molar-refractivity contribution in [3.8, 4) is 0 Å². The van der Waals surface area contributed by atoms with E-state index in [4.69, 9.17) is 5.84 Å². The summed E-state index contributed by atoms with van der Waals surface area (Å²) in [6, 6.07) is 0.619. The van der Waals surface area contributed by atoms with E-state index in [9.17, 15) is 0 Å². The van der Waals surface area contributed by atoms with Gasteiger partial charge in [-0.15, -0.1) is 0 Å². The molecule has 1 fully saturated rings. The van der Waals surface area contributed by atoms with Crippen molar-refractivity contribution < 1.29 is 0 Å². The third-order valence-electron chi connectivity index (χ3n) is 2.62. The quantitative estimate of drug-likeness (QED) is 0.588. The molecule has 1 rings (SSSR count). The fourth-order valence-corrected chi connectivity index (χ4v) is 2.16. The lowest BCUT2D eigenvalue weighted by molar-refractivity contribution is -0.00168. The number of nitrogens with two attached hydrogens (primary N) is 1. The van der Waals surface area contributed by atoms with Crippen molar-refractivity contribution in [2.45, 2.75) is 39.3 Å². The molecule has 3 heteroatoms. The van der Waals surface area contributed by atoms with E-state index in [1.165, 1.54) is 0 Å². The van der Waals surface area contributed by atoms with E-state index < -0.39 is 0 Å². The summed E-state index contributed by atoms with van der Waals surface area (Å²) in [5, 5.41) is 1.92. The van der Waals surface area contributed by atoms with Crippen LogP contribution in [0.2, 0.25) is 0 Å². The fraction of sp³-hybridized carbons (Fsp3) is 1.00. The Kier molecular flexibility index (Phi) is 2.76. The Morgan fingerprint density at radius 1 is 1.25 bits per heavy atom. The van der Waals surface area contributed by atoms with Gasteiger partial charge in [0.2, 0.25) is 0 Å². The van der Waals surface area contributed by atoms with Gasteiger partial charge in [0.05, 0.1) is 0 Å². The van der Waals surface area contributed by atoms with Crippen LogP contribution in [0.1, 0.15) is 27.7 Å². The van der Waals surface area contributed by atoms with Crippen molar-refractivity contribution in [2.24, 2.45) is 5.84 Å². The van der Waals surface area contributed by atoms with Crippen LogP contribution >= 0.6 is 0 Å². The normalized spacial score (nSPS) is 26.5. The first-order valence-electron chi connectivity index (χ1n) is 4.70. The average molecular weight is 171 g/mol. The number of rotatable bonds is 1. The predicted octanol–water partition coefficient (Wildman–Crippen LogP) is 0.665. The molecule has 0 radical (unpaired) electrons. The molecular weight excluding hydrogens is 150 g/mol. The van der Waals surface area contributed by atoms with Gasteiger partial charge in [0.25, 0.3) is 0 Å². The Hall–Kier alpha value is -0.120. The van der Waals surface area contributed by atoms with Gasteiger partial charge in [0.1, 0.15) is 0 Å². The molecule has 0 saturated carbocycles. The highest BCUT2D eigenvalue weighted by Crippen LogP contribution is 2.21. The van der Waals surface area contributed by atoms with Crippen LogP contribution in [0, 0.1) is 0 Å². The number of hydrogen-bond acceptors (Lipinski definition) is 3. The SMILES string of the molecule is CC(C)N1CCN(N)CC1(C)C. The molecule has 72 valence electrons. The van der Waals surface area contributed by atoms with Gasteiger partial charge >= 0.3 is 0 Å².